The molecule has 5 nitrogen and oxygen atoms in total. The predicted molar refractivity (Wildman–Crippen MR) is 71.7 cm³/mol. The molecule has 2 saturated carbocycles. The topological polar surface area (TPSA) is 82.2 Å². The van der Waals surface area contributed by atoms with Crippen molar-refractivity contribution in [3.05, 3.63) is 0 Å². The van der Waals surface area contributed by atoms with Gasteiger partial charge in [0.1, 0.15) is 0 Å². The highest BCUT2D eigenvalue weighted by atomic mass is 16.2. The molecule has 0 spiro atoms. The van der Waals surface area contributed by atoms with Crippen LogP contribution in [0.4, 0.5) is 4.79 Å². The lowest BCUT2D eigenvalue weighted by Crippen LogP contribution is -2.47. The Labute approximate surface area is 109 Å². The van der Waals surface area contributed by atoms with Crippen LogP contribution in [0.25, 0.3) is 0 Å². The van der Waals surface area contributed by atoms with E-state index in [0.29, 0.717) is 25.0 Å². The molecule has 2 amide bonds. The minimum atomic E-state index is 0.0469. The summed E-state index contributed by atoms with van der Waals surface area (Å²) in [5, 5.41) is 10.4. The number of nitrogens with two attached hydrogens (primary N) is 1. The summed E-state index contributed by atoms with van der Waals surface area (Å²) in [7, 11) is 0. The molecular weight excluding hydrogens is 228 g/mol. The summed E-state index contributed by atoms with van der Waals surface area (Å²) in [5.41, 5.74) is 5.37. The highest BCUT2D eigenvalue weighted by Gasteiger charge is 2.33. The number of carbonyl (C=O) groups excluding carboxylic acids is 1. The van der Waals surface area contributed by atoms with Crippen LogP contribution < -0.4 is 11.1 Å². The largest absolute Gasteiger partial charge is 0.388 e. The van der Waals surface area contributed by atoms with E-state index in [9.17, 15) is 4.79 Å². The number of rotatable bonds is 5. The van der Waals surface area contributed by atoms with Crippen LogP contribution in [0.1, 0.15) is 51.4 Å². The maximum atomic E-state index is 12.2. The van der Waals surface area contributed by atoms with Crippen LogP contribution in [0.15, 0.2) is 0 Å². The first-order valence-corrected chi connectivity index (χ1v) is 7.07. The molecule has 0 bridgehead atoms. The molecule has 0 aliphatic heterocycles. The quantitative estimate of drug-likeness (QED) is 0.515. The monoisotopic (exact) mass is 252 g/mol. The molecule has 2 aliphatic carbocycles. The Morgan fingerprint density at radius 1 is 1.22 bits per heavy atom. The van der Waals surface area contributed by atoms with E-state index in [2.05, 4.69) is 5.32 Å². The SMILES string of the molecule is N=C(N)CCN(C(=O)NC1CCCCC1)C1CC1. The summed E-state index contributed by atoms with van der Waals surface area (Å²) < 4.78 is 0. The van der Waals surface area contributed by atoms with Crippen LogP contribution in [-0.2, 0) is 0 Å². The van der Waals surface area contributed by atoms with E-state index in [1.165, 1.54) is 19.3 Å². The summed E-state index contributed by atoms with van der Waals surface area (Å²) >= 11 is 0. The Balaban J connectivity index is 1.81. The molecule has 0 atom stereocenters. The van der Waals surface area contributed by atoms with E-state index in [1.54, 1.807) is 0 Å². The maximum Gasteiger partial charge on any atom is 0.317 e. The highest BCUT2D eigenvalue weighted by Crippen LogP contribution is 2.27. The first-order chi connectivity index (χ1) is 8.66. The summed E-state index contributed by atoms with van der Waals surface area (Å²) in [4.78, 5) is 14.1. The number of hydrogen-bond acceptors (Lipinski definition) is 2. The van der Waals surface area contributed by atoms with Crippen molar-refractivity contribution >= 4 is 11.9 Å². The van der Waals surface area contributed by atoms with Gasteiger partial charge in [0.05, 0.1) is 5.84 Å². The lowest BCUT2D eigenvalue weighted by atomic mass is 9.96. The number of urea groups is 1. The molecule has 18 heavy (non-hydrogen) atoms. The minimum Gasteiger partial charge on any atom is -0.388 e. The fourth-order valence-corrected chi connectivity index (χ4v) is 2.58. The van der Waals surface area contributed by atoms with Crippen LogP contribution in [0, 0.1) is 5.41 Å². The number of hydrogen-bond donors (Lipinski definition) is 3. The van der Waals surface area contributed by atoms with Crippen molar-refractivity contribution in [2.75, 3.05) is 6.54 Å². The van der Waals surface area contributed by atoms with Gasteiger partial charge < -0.3 is 16.0 Å². The Hall–Kier alpha value is -1.26. The van der Waals surface area contributed by atoms with E-state index >= 15 is 0 Å². The van der Waals surface area contributed by atoms with Crippen LogP contribution in [0.5, 0.6) is 0 Å². The smallest absolute Gasteiger partial charge is 0.317 e. The van der Waals surface area contributed by atoms with Crippen molar-refractivity contribution in [2.24, 2.45) is 5.73 Å². The molecule has 2 rings (SSSR count). The van der Waals surface area contributed by atoms with Gasteiger partial charge in [-0.05, 0) is 25.7 Å². The van der Waals surface area contributed by atoms with Gasteiger partial charge in [-0.25, -0.2) is 4.79 Å². The molecule has 0 aromatic carbocycles. The molecule has 0 aromatic heterocycles. The molecule has 0 aromatic rings. The highest BCUT2D eigenvalue weighted by molar-refractivity contribution is 5.79. The average molecular weight is 252 g/mol. The van der Waals surface area contributed by atoms with Crippen molar-refractivity contribution < 1.29 is 4.79 Å². The van der Waals surface area contributed by atoms with E-state index < -0.39 is 0 Å². The average Bonchev–Trinajstić information content (AvgIpc) is 3.14. The van der Waals surface area contributed by atoms with Gasteiger partial charge in [0.15, 0.2) is 0 Å². The maximum absolute atomic E-state index is 12.2. The second-order valence-electron chi connectivity index (χ2n) is 5.48. The first kappa shape index (κ1) is 13.2. The fraction of sp³-hybridized carbons (Fsp3) is 0.846. The number of carbonyl (C=O) groups is 1. The molecule has 0 unspecified atom stereocenters. The Morgan fingerprint density at radius 2 is 1.89 bits per heavy atom. The molecule has 4 N–H and O–H groups in total. The lowest BCUT2D eigenvalue weighted by Gasteiger charge is -2.28. The van der Waals surface area contributed by atoms with E-state index in [-0.39, 0.29) is 11.9 Å². The van der Waals surface area contributed by atoms with Crippen molar-refractivity contribution in [3.63, 3.8) is 0 Å². The molecule has 102 valence electrons. The predicted octanol–water partition coefficient (Wildman–Crippen LogP) is 1.82. The number of amides is 2. The minimum absolute atomic E-state index is 0.0469. The third kappa shape index (κ3) is 3.89. The molecule has 5 heteroatoms. The molecule has 0 radical (unpaired) electrons. The zero-order valence-corrected chi connectivity index (χ0v) is 11.0. The van der Waals surface area contributed by atoms with E-state index in [4.69, 9.17) is 11.1 Å². The van der Waals surface area contributed by atoms with Gasteiger partial charge in [-0.1, -0.05) is 19.3 Å². The van der Waals surface area contributed by atoms with Gasteiger partial charge >= 0.3 is 6.03 Å². The van der Waals surface area contributed by atoms with Gasteiger partial charge in [0.25, 0.3) is 0 Å². The number of nitrogens with zero attached hydrogens (tertiary/aromatic N) is 1. The second kappa shape index (κ2) is 6.07. The van der Waals surface area contributed by atoms with Crippen molar-refractivity contribution in [2.45, 2.75) is 63.5 Å². The van der Waals surface area contributed by atoms with Crippen LogP contribution in [0.3, 0.4) is 0 Å². The zero-order valence-electron chi connectivity index (χ0n) is 11.0. The normalized spacial score (nSPS) is 20.4. The van der Waals surface area contributed by atoms with Crippen molar-refractivity contribution in [1.29, 1.82) is 5.41 Å². The van der Waals surface area contributed by atoms with Gasteiger partial charge in [-0.15, -0.1) is 0 Å². The third-order valence-electron chi connectivity index (χ3n) is 3.80. The molecule has 2 aliphatic rings. The van der Waals surface area contributed by atoms with Crippen LogP contribution >= 0.6 is 0 Å². The zero-order chi connectivity index (χ0) is 13.0. The van der Waals surface area contributed by atoms with Gasteiger partial charge in [-0.3, -0.25) is 5.41 Å². The first-order valence-electron chi connectivity index (χ1n) is 7.07. The summed E-state index contributed by atoms with van der Waals surface area (Å²) in [6.07, 6.45) is 8.63. The van der Waals surface area contributed by atoms with Crippen molar-refractivity contribution in [3.8, 4) is 0 Å². The molecule has 0 saturated heterocycles. The van der Waals surface area contributed by atoms with Gasteiger partial charge in [0.2, 0.25) is 0 Å². The van der Waals surface area contributed by atoms with E-state index in [0.717, 1.165) is 25.7 Å². The standard InChI is InChI=1S/C13H24N4O/c14-12(15)8-9-17(11-6-7-11)13(18)16-10-4-2-1-3-5-10/h10-11H,1-9H2,(H3,14,15)(H,16,18). The summed E-state index contributed by atoms with van der Waals surface area (Å²) in [5.74, 6) is 0.158. The molecule has 2 fully saturated rings. The van der Waals surface area contributed by atoms with Crippen molar-refractivity contribution in [1.82, 2.24) is 10.2 Å². The number of nitrogens with one attached hydrogen (secondary N) is 2. The Kier molecular flexibility index (Phi) is 4.44. The molecule has 0 heterocycles. The number of amidine groups is 1. The Bertz CT molecular complexity index is 308. The third-order valence-corrected chi connectivity index (χ3v) is 3.80. The van der Waals surface area contributed by atoms with Crippen LogP contribution in [0.2, 0.25) is 0 Å². The van der Waals surface area contributed by atoms with Crippen LogP contribution in [-0.4, -0.2) is 35.4 Å². The van der Waals surface area contributed by atoms with Gasteiger partial charge in [0, 0.05) is 25.0 Å². The fourth-order valence-electron chi connectivity index (χ4n) is 2.58. The molecular formula is C13H24N4O. The van der Waals surface area contributed by atoms with E-state index in [1.807, 2.05) is 4.90 Å². The summed E-state index contributed by atoms with van der Waals surface area (Å²) in [6.45, 7) is 0.582. The lowest BCUT2D eigenvalue weighted by molar-refractivity contribution is 0.188. The Morgan fingerprint density at radius 3 is 2.44 bits per heavy atom. The van der Waals surface area contributed by atoms with Gasteiger partial charge in [-0.2, -0.15) is 0 Å². The summed E-state index contributed by atoms with van der Waals surface area (Å²) in [6, 6.07) is 0.781. The second-order valence-corrected chi connectivity index (χ2v) is 5.48.